The molecule has 0 saturated carbocycles. The Morgan fingerprint density at radius 1 is 0.975 bits per heavy atom. The van der Waals surface area contributed by atoms with Gasteiger partial charge in [0.1, 0.15) is 23.1 Å². The molecule has 2 aliphatic rings. The van der Waals surface area contributed by atoms with Crippen LogP contribution in [0.15, 0.2) is 44.8 Å². The number of nitriles is 1. The molecule has 0 aliphatic carbocycles. The molecule has 12 heteroatoms. The number of carbonyl (C=O) groups excluding carboxylic acids is 1. The van der Waals surface area contributed by atoms with E-state index in [1.165, 1.54) is 14.1 Å². The molecule has 4 heterocycles. The van der Waals surface area contributed by atoms with E-state index in [2.05, 4.69) is 9.80 Å². The zero-order chi connectivity index (χ0) is 28.9. The zero-order valence-electron chi connectivity index (χ0n) is 23.0. The first kappa shape index (κ1) is 27.6. The van der Waals surface area contributed by atoms with Crippen LogP contribution in [-0.4, -0.2) is 62.3 Å². The van der Waals surface area contributed by atoms with Crippen molar-refractivity contribution in [2.24, 2.45) is 14.1 Å². The van der Waals surface area contributed by atoms with E-state index in [0.717, 1.165) is 24.9 Å². The van der Waals surface area contributed by atoms with Crippen molar-refractivity contribution in [3.8, 4) is 11.8 Å². The Morgan fingerprint density at radius 3 is 2.25 bits per heavy atom. The smallest absolute Gasteiger partial charge is 0.296 e. The number of piperazine rings is 1. The number of benzene rings is 1. The number of anilines is 2. The number of aromatic nitrogens is 3. The summed E-state index contributed by atoms with van der Waals surface area (Å²) in [7, 11) is 5.46. The molecule has 2 aliphatic heterocycles. The third-order valence-corrected chi connectivity index (χ3v) is 8.89. The Morgan fingerprint density at radius 2 is 1.62 bits per heavy atom. The first-order valence-corrected chi connectivity index (χ1v) is 14.0. The number of thiocarbonyl (C=S) groups is 1. The van der Waals surface area contributed by atoms with Crippen LogP contribution < -0.4 is 20.9 Å². The molecule has 2 aromatic heterocycles. The maximum Gasteiger partial charge on any atom is 0.296 e. The third-order valence-electron chi connectivity index (χ3n) is 7.59. The fourth-order valence-corrected chi connectivity index (χ4v) is 6.47. The Labute approximate surface area is 241 Å². The Bertz CT molecular complexity index is 1740. The predicted octanol–water partition coefficient (Wildman–Crippen LogP) is 2.52. The molecule has 0 bridgehead atoms. The van der Waals surface area contributed by atoms with Gasteiger partial charge in [0.05, 0.1) is 16.3 Å². The van der Waals surface area contributed by atoms with Gasteiger partial charge in [-0.15, -0.1) is 0 Å². The van der Waals surface area contributed by atoms with E-state index >= 15 is 0 Å². The zero-order valence-corrected chi connectivity index (χ0v) is 24.6. The van der Waals surface area contributed by atoms with Crippen LogP contribution in [0.3, 0.4) is 0 Å². The molecule has 0 unspecified atom stereocenters. The second-order valence-electron chi connectivity index (χ2n) is 9.93. The van der Waals surface area contributed by atoms with Crippen LogP contribution >= 0.6 is 24.0 Å². The highest BCUT2D eigenvalue weighted by Crippen LogP contribution is 2.38. The average Bonchev–Trinajstić information content (AvgIpc) is 3.33. The molecule has 0 spiro atoms. The first-order valence-electron chi connectivity index (χ1n) is 12.8. The van der Waals surface area contributed by atoms with Crippen LogP contribution in [0, 0.1) is 25.2 Å². The summed E-state index contributed by atoms with van der Waals surface area (Å²) >= 11 is 6.73. The predicted molar refractivity (Wildman–Crippen MR) is 162 cm³/mol. The topological polar surface area (TPSA) is 99.5 Å². The van der Waals surface area contributed by atoms with Gasteiger partial charge < -0.3 is 9.80 Å². The molecule has 0 radical (unpaired) electrons. The minimum atomic E-state index is -0.419. The highest BCUT2D eigenvalue weighted by Gasteiger charge is 2.38. The van der Waals surface area contributed by atoms with Crippen molar-refractivity contribution < 1.29 is 4.79 Å². The fraction of sp³-hybridized carbons (Fsp3) is 0.321. The molecule has 0 N–H and O–H groups in total. The number of rotatable bonds is 4. The van der Waals surface area contributed by atoms with E-state index in [1.54, 1.807) is 38.7 Å². The monoisotopic (exact) mass is 575 g/mol. The lowest BCUT2D eigenvalue weighted by atomic mass is 10.0. The number of likely N-dealkylation sites (N-methyl/N-ethyl adjacent to an activating group) is 1. The van der Waals surface area contributed by atoms with Gasteiger partial charge in [-0.05, 0) is 44.7 Å². The standard InChI is InChI=1S/C28H29N7O3S2/c1-17-20(24(31(4)25(36)21(17)16-29)33-13-11-30(3)12-14-33)15-22-26(37)34(28(39)40-22)23-18(2)32(5)35(27(23)38)19-9-7-6-8-10-19/h6-10,15H,11-14H2,1-5H3/b22-15+. The number of para-hydroxylation sites is 1. The van der Waals surface area contributed by atoms with Gasteiger partial charge in [0, 0.05) is 45.8 Å². The average molecular weight is 576 g/mol. The number of hydrogen-bond acceptors (Lipinski definition) is 8. The SMILES string of the molecule is Cc1c(/C=C2/SC(=S)N(c3c(C)n(C)n(-c4ccccc4)c3=O)C2=O)c(N2CCN(C)CC2)n(C)c(=O)c1C#N. The molecular formula is C28H29N7O3S2. The van der Waals surface area contributed by atoms with E-state index in [-0.39, 0.29) is 26.7 Å². The quantitative estimate of drug-likeness (QED) is 0.346. The molecule has 10 nitrogen and oxygen atoms in total. The van der Waals surface area contributed by atoms with Gasteiger partial charge in [0.15, 0.2) is 4.32 Å². The normalized spacial score (nSPS) is 17.2. The van der Waals surface area contributed by atoms with Crippen molar-refractivity contribution in [2.45, 2.75) is 13.8 Å². The van der Waals surface area contributed by atoms with Gasteiger partial charge in [-0.25, -0.2) is 4.68 Å². The van der Waals surface area contributed by atoms with Gasteiger partial charge in [-0.2, -0.15) is 5.26 Å². The maximum atomic E-state index is 13.9. The summed E-state index contributed by atoms with van der Waals surface area (Å²) in [6.07, 6.45) is 1.70. The van der Waals surface area contributed by atoms with Crippen LogP contribution in [0.1, 0.15) is 22.4 Å². The number of hydrogen-bond donors (Lipinski definition) is 0. The van der Waals surface area contributed by atoms with E-state index in [0.29, 0.717) is 46.3 Å². The van der Waals surface area contributed by atoms with E-state index in [4.69, 9.17) is 12.2 Å². The van der Waals surface area contributed by atoms with E-state index in [9.17, 15) is 19.6 Å². The maximum absolute atomic E-state index is 13.9. The molecule has 1 amide bonds. The van der Waals surface area contributed by atoms with Crippen LogP contribution in [0.25, 0.3) is 11.8 Å². The second kappa shape index (κ2) is 10.6. The van der Waals surface area contributed by atoms with E-state index < -0.39 is 5.91 Å². The lowest BCUT2D eigenvalue weighted by molar-refractivity contribution is -0.113. The molecule has 40 heavy (non-hydrogen) atoms. The minimum Gasteiger partial charge on any atom is -0.355 e. The molecule has 3 aromatic rings. The Kier molecular flexibility index (Phi) is 7.31. The summed E-state index contributed by atoms with van der Waals surface area (Å²) < 4.78 is 4.95. The lowest BCUT2D eigenvalue weighted by Crippen LogP contribution is -2.46. The van der Waals surface area contributed by atoms with Crippen molar-refractivity contribution >= 4 is 51.8 Å². The molecule has 206 valence electrons. The van der Waals surface area contributed by atoms with Gasteiger partial charge >= 0.3 is 0 Å². The van der Waals surface area contributed by atoms with Crippen LogP contribution in [0.5, 0.6) is 0 Å². The van der Waals surface area contributed by atoms with Crippen LogP contribution in [-0.2, 0) is 18.9 Å². The van der Waals surface area contributed by atoms with Crippen molar-refractivity contribution in [1.82, 2.24) is 18.8 Å². The highest BCUT2D eigenvalue weighted by atomic mass is 32.2. The van der Waals surface area contributed by atoms with E-state index in [1.807, 2.05) is 43.4 Å². The summed E-state index contributed by atoms with van der Waals surface area (Å²) in [5, 5.41) is 9.77. The van der Waals surface area contributed by atoms with Gasteiger partial charge in [0.25, 0.3) is 17.0 Å². The summed E-state index contributed by atoms with van der Waals surface area (Å²) in [6.45, 7) is 6.52. The molecule has 0 atom stereocenters. The van der Waals surface area contributed by atoms with Crippen molar-refractivity contribution in [2.75, 3.05) is 43.0 Å². The summed E-state index contributed by atoms with van der Waals surface area (Å²) in [5.41, 5.74) is 1.90. The lowest BCUT2D eigenvalue weighted by Gasteiger charge is -2.36. The fourth-order valence-electron chi connectivity index (χ4n) is 5.22. The Balaban J connectivity index is 1.63. The molecular weight excluding hydrogens is 546 g/mol. The second-order valence-corrected chi connectivity index (χ2v) is 11.6. The minimum absolute atomic E-state index is 0.0340. The van der Waals surface area contributed by atoms with Gasteiger partial charge in [-0.3, -0.25) is 28.5 Å². The molecule has 1 aromatic carbocycles. The van der Waals surface area contributed by atoms with Crippen molar-refractivity contribution in [1.29, 1.82) is 5.26 Å². The third kappa shape index (κ3) is 4.40. The number of pyridine rings is 1. The number of amides is 1. The van der Waals surface area contributed by atoms with Crippen LogP contribution in [0.4, 0.5) is 11.5 Å². The van der Waals surface area contributed by atoms with Crippen LogP contribution in [0.2, 0.25) is 0 Å². The van der Waals surface area contributed by atoms with Gasteiger partial charge in [-0.1, -0.05) is 42.2 Å². The number of carbonyl (C=O) groups is 1. The highest BCUT2D eigenvalue weighted by molar-refractivity contribution is 8.27. The molecule has 5 rings (SSSR count). The molecule has 2 saturated heterocycles. The van der Waals surface area contributed by atoms with Crippen molar-refractivity contribution in [3.05, 3.63) is 78.3 Å². The van der Waals surface area contributed by atoms with Gasteiger partial charge in [0.2, 0.25) is 0 Å². The summed E-state index contributed by atoms with van der Waals surface area (Å²) in [5.74, 6) is 0.235. The Hall–Kier alpha value is -3.92. The summed E-state index contributed by atoms with van der Waals surface area (Å²) in [4.78, 5) is 46.5. The number of thioether (sulfide) groups is 1. The largest absolute Gasteiger partial charge is 0.355 e. The summed E-state index contributed by atoms with van der Waals surface area (Å²) in [6, 6.07) is 11.2. The van der Waals surface area contributed by atoms with Crippen molar-refractivity contribution in [3.63, 3.8) is 0 Å². The molecule has 2 fully saturated rings. The first-order chi connectivity index (χ1) is 19.1. The number of nitrogens with zero attached hydrogens (tertiary/aromatic N) is 7.